The molecule has 0 bridgehead atoms. The summed E-state index contributed by atoms with van der Waals surface area (Å²) in [5.41, 5.74) is 1.26. The lowest BCUT2D eigenvalue weighted by molar-refractivity contribution is 0.0672. The van der Waals surface area contributed by atoms with Crippen molar-refractivity contribution in [3.8, 4) is 5.75 Å². The van der Waals surface area contributed by atoms with Crippen LogP contribution < -0.4 is 10.6 Å². The molecule has 1 atom stereocenters. The van der Waals surface area contributed by atoms with E-state index in [2.05, 4.69) is 39.0 Å². The summed E-state index contributed by atoms with van der Waals surface area (Å²) in [6, 6.07) is 5.17. The van der Waals surface area contributed by atoms with Gasteiger partial charge in [0.15, 0.2) is 17.0 Å². The summed E-state index contributed by atoms with van der Waals surface area (Å²) in [7, 11) is 0. The molecule has 0 saturated heterocycles. The minimum Gasteiger partial charge on any atom is -0.508 e. The summed E-state index contributed by atoms with van der Waals surface area (Å²) in [4.78, 5) is 14.0. The number of nitrogens with zero attached hydrogens (tertiary/aromatic N) is 4. The second kappa shape index (κ2) is 9.92. The second-order valence-corrected chi connectivity index (χ2v) is 9.32. The molecule has 4 N–H and O–H groups in total. The topological polar surface area (TPSA) is 108 Å². The molecule has 0 fully saturated rings. The fraction of sp³-hybridized carbons (Fsp3) is 0.522. The quantitative estimate of drug-likeness (QED) is 0.332. The van der Waals surface area contributed by atoms with E-state index >= 15 is 0 Å². The summed E-state index contributed by atoms with van der Waals surface area (Å²) >= 11 is 6.09. The van der Waals surface area contributed by atoms with E-state index in [0.29, 0.717) is 40.8 Å². The predicted octanol–water partition coefficient (Wildman–Crippen LogP) is 5.12. The van der Waals surface area contributed by atoms with Gasteiger partial charge >= 0.3 is 0 Å². The molecule has 3 rings (SSSR count). The number of rotatable bonds is 10. The molecule has 1 aromatic carbocycles. The number of benzene rings is 1. The maximum atomic E-state index is 10.2. The van der Waals surface area contributed by atoms with E-state index in [1.807, 2.05) is 13.3 Å². The zero-order valence-corrected chi connectivity index (χ0v) is 20.1. The highest BCUT2D eigenvalue weighted by Crippen LogP contribution is 2.28. The molecule has 0 saturated carbocycles. The van der Waals surface area contributed by atoms with Crippen LogP contribution in [0.2, 0.25) is 5.02 Å². The van der Waals surface area contributed by atoms with Crippen LogP contribution in [0.15, 0.2) is 24.5 Å². The Bertz CT molecular complexity index is 1060. The van der Waals surface area contributed by atoms with Gasteiger partial charge in [0.2, 0.25) is 5.95 Å². The first-order valence-corrected chi connectivity index (χ1v) is 11.4. The third-order valence-electron chi connectivity index (χ3n) is 5.43. The third kappa shape index (κ3) is 5.81. The number of anilines is 2. The van der Waals surface area contributed by atoms with Crippen LogP contribution in [0.5, 0.6) is 5.75 Å². The molecular weight excluding hydrogens is 428 g/mol. The van der Waals surface area contributed by atoms with Crippen LogP contribution in [0.25, 0.3) is 11.2 Å². The molecule has 2 heterocycles. The van der Waals surface area contributed by atoms with Gasteiger partial charge in [-0.15, -0.1) is 0 Å². The number of phenols is 1. The van der Waals surface area contributed by atoms with Crippen molar-refractivity contribution in [3.05, 3.63) is 35.1 Å². The molecule has 0 aliphatic rings. The first kappa shape index (κ1) is 24.1. The number of imidazole rings is 1. The number of hydrogen-bond donors (Lipinski definition) is 4. The zero-order valence-electron chi connectivity index (χ0n) is 19.4. The number of aromatic nitrogens is 4. The molecule has 2 aromatic heterocycles. The highest BCUT2D eigenvalue weighted by atomic mass is 35.5. The van der Waals surface area contributed by atoms with Gasteiger partial charge in [-0.05, 0) is 58.2 Å². The molecule has 0 radical (unpaired) electrons. The van der Waals surface area contributed by atoms with E-state index in [0.717, 1.165) is 18.5 Å². The molecule has 32 heavy (non-hydrogen) atoms. The van der Waals surface area contributed by atoms with Gasteiger partial charge in [0.25, 0.3) is 0 Å². The number of nitrogens with one attached hydrogen (secondary N) is 2. The van der Waals surface area contributed by atoms with Gasteiger partial charge in [0.05, 0.1) is 11.9 Å². The van der Waals surface area contributed by atoms with Gasteiger partial charge in [0.1, 0.15) is 5.75 Å². The largest absolute Gasteiger partial charge is 0.508 e. The Labute approximate surface area is 194 Å². The lowest BCUT2D eigenvalue weighted by atomic mass is 10.0. The Kier molecular flexibility index (Phi) is 7.46. The summed E-state index contributed by atoms with van der Waals surface area (Å²) in [6.45, 7) is 10.2. The van der Waals surface area contributed by atoms with Crippen LogP contribution >= 0.6 is 11.6 Å². The van der Waals surface area contributed by atoms with Crippen molar-refractivity contribution in [1.82, 2.24) is 19.5 Å². The standard InChI is InChI=1S/C23H33ClN6O2/c1-6-17(7-2)30-13-26-19-20(25-12-15-10-16(24)8-9-18(15)31)28-22(29-21(19)30)27-14(3)11-23(4,5)32/h8-10,13-14,17,31-32H,6-7,11-12H2,1-5H3,(H2,25,27,28,29). The summed E-state index contributed by atoms with van der Waals surface area (Å²) in [6.07, 6.45) is 4.27. The van der Waals surface area contributed by atoms with E-state index < -0.39 is 5.60 Å². The maximum Gasteiger partial charge on any atom is 0.226 e. The number of fused-ring (bicyclic) bond motifs is 1. The number of phenolic OH excluding ortho intramolecular Hbond substituents is 1. The predicted molar refractivity (Wildman–Crippen MR) is 129 cm³/mol. The van der Waals surface area contributed by atoms with Crippen LogP contribution in [0.1, 0.15) is 65.5 Å². The van der Waals surface area contributed by atoms with Gasteiger partial charge in [-0.25, -0.2) is 4.98 Å². The molecule has 0 spiro atoms. The maximum absolute atomic E-state index is 10.2. The van der Waals surface area contributed by atoms with Crippen molar-refractivity contribution in [2.75, 3.05) is 10.6 Å². The van der Waals surface area contributed by atoms with Crippen molar-refractivity contribution >= 4 is 34.5 Å². The minimum absolute atomic E-state index is 0.0400. The second-order valence-electron chi connectivity index (χ2n) is 8.88. The Hall–Kier alpha value is -2.58. The lowest BCUT2D eigenvalue weighted by Crippen LogP contribution is -2.29. The van der Waals surface area contributed by atoms with Crippen LogP contribution in [0, 0.1) is 0 Å². The number of hydrogen-bond acceptors (Lipinski definition) is 7. The molecule has 8 nitrogen and oxygen atoms in total. The van der Waals surface area contributed by atoms with Crippen LogP contribution in [-0.4, -0.2) is 41.4 Å². The summed E-state index contributed by atoms with van der Waals surface area (Å²) < 4.78 is 2.09. The number of aliphatic hydroxyl groups is 1. The summed E-state index contributed by atoms with van der Waals surface area (Å²) in [5, 5.41) is 27.5. The molecule has 9 heteroatoms. The zero-order chi connectivity index (χ0) is 23.5. The first-order valence-electron chi connectivity index (χ1n) is 11.1. The van der Waals surface area contributed by atoms with Gasteiger partial charge < -0.3 is 25.4 Å². The van der Waals surface area contributed by atoms with Gasteiger partial charge in [-0.3, -0.25) is 0 Å². The van der Waals surface area contributed by atoms with E-state index in [-0.39, 0.29) is 17.8 Å². The molecule has 0 aliphatic heterocycles. The van der Waals surface area contributed by atoms with Crippen molar-refractivity contribution in [1.29, 1.82) is 0 Å². The highest BCUT2D eigenvalue weighted by Gasteiger charge is 2.21. The van der Waals surface area contributed by atoms with E-state index in [4.69, 9.17) is 16.6 Å². The Morgan fingerprint density at radius 1 is 1.19 bits per heavy atom. The average Bonchev–Trinajstić information content (AvgIpc) is 3.12. The molecule has 3 aromatic rings. The Morgan fingerprint density at radius 2 is 1.91 bits per heavy atom. The van der Waals surface area contributed by atoms with E-state index in [1.54, 1.807) is 32.0 Å². The van der Waals surface area contributed by atoms with E-state index in [9.17, 15) is 10.2 Å². The van der Waals surface area contributed by atoms with Crippen LogP contribution in [0.4, 0.5) is 11.8 Å². The average molecular weight is 461 g/mol. The van der Waals surface area contributed by atoms with Gasteiger partial charge in [-0.1, -0.05) is 25.4 Å². The van der Waals surface area contributed by atoms with Crippen molar-refractivity contribution in [3.63, 3.8) is 0 Å². The smallest absolute Gasteiger partial charge is 0.226 e. The summed E-state index contributed by atoms with van der Waals surface area (Å²) in [5.74, 6) is 1.18. The molecule has 0 amide bonds. The minimum atomic E-state index is -0.807. The van der Waals surface area contributed by atoms with Crippen LogP contribution in [0.3, 0.4) is 0 Å². The highest BCUT2D eigenvalue weighted by molar-refractivity contribution is 6.30. The van der Waals surface area contributed by atoms with Crippen molar-refractivity contribution in [2.45, 2.75) is 78.1 Å². The first-order chi connectivity index (χ1) is 15.1. The fourth-order valence-electron chi connectivity index (χ4n) is 3.95. The SMILES string of the molecule is CCC(CC)n1cnc2c(NCc3cc(Cl)ccc3O)nc(NC(C)CC(C)(C)O)nc21. The van der Waals surface area contributed by atoms with E-state index in [1.165, 1.54) is 0 Å². The molecular formula is C23H33ClN6O2. The monoisotopic (exact) mass is 460 g/mol. The number of aromatic hydroxyl groups is 1. The van der Waals surface area contributed by atoms with Crippen molar-refractivity contribution < 1.29 is 10.2 Å². The van der Waals surface area contributed by atoms with Gasteiger partial charge in [0, 0.05) is 29.2 Å². The van der Waals surface area contributed by atoms with Gasteiger partial charge in [-0.2, -0.15) is 9.97 Å². The molecule has 174 valence electrons. The molecule has 1 unspecified atom stereocenters. The normalized spacial score (nSPS) is 13.0. The fourth-order valence-corrected chi connectivity index (χ4v) is 4.14. The Balaban J connectivity index is 1.98. The molecule has 0 aliphatic carbocycles. The third-order valence-corrected chi connectivity index (χ3v) is 5.66. The van der Waals surface area contributed by atoms with Crippen LogP contribution in [-0.2, 0) is 6.54 Å². The number of halogens is 1. The Morgan fingerprint density at radius 3 is 2.56 bits per heavy atom. The lowest BCUT2D eigenvalue weighted by Gasteiger charge is -2.23. The van der Waals surface area contributed by atoms with Crippen molar-refractivity contribution in [2.24, 2.45) is 0 Å².